The van der Waals surface area contributed by atoms with Gasteiger partial charge in [-0.3, -0.25) is 4.79 Å². The molecular formula is C23H28F3N3O2. The highest BCUT2D eigenvalue weighted by atomic mass is 19.2. The fraction of sp³-hybridized carbons (Fsp3) is 0.435. The Morgan fingerprint density at radius 1 is 1.19 bits per heavy atom. The predicted molar refractivity (Wildman–Crippen MR) is 114 cm³/mol. The highest BCUT2D eigenvalue weighted by molar-refractivity contribution is 6.01. The van der Waals surface area contributed by atoms with Crippen LogP contribution in [-0.4, -0.2) is 47.2 Å². The molecule has 0 spiro atoms. The summed E-state index contributed by atoms with van der Waals surface area (Å²) in [5.41, 5.74) is -1.04. The van der Waals surface area contributed by atoms with Gasteiger partial charge in [0.25, 0.3) is 5.91 Å². The molecule has 8 heteroatoms. The number of hydrogen-bond acceptors (Lipinski definition) is 4. The molecule has 3 rings (SSSR count). The molecule has 1 aliphatic heterocycles. The first-order chi connectivity index (χ1) is 14.6. The van der Waals surface area contributed by atoms with Crippen molar-refractivity contribution in [3.8, 4) is 0 Å². The predicted octanol–water partition coefficient (Wildman–Crippen LogP) is 4.12. The lowest BCUT2D eigenvalue weighted by atomic mass is 9.92. The first-order valence-corrected chi connectivity index (χ1v) is 10.4. The van der Waals surface area contributed by atoms with Gasteiger partial charge in [-0.15, -0.1) is 0 Å². The lowest BCUT2D eigenvalue weighted by Gasteiger charge is -2.47. The van der Waals surface area contributed by atoms with Gasteiger partial charge in [-0.25, -0.2) is 13.2 Å². The number of β-amino-alcohol motifs (C(OH)–C–C–N with tert-alkyl or cyclic N) is 1. The molecule has 1 saturated heterocycles. The van der Waals surface area contributed by atoms with E-state index in [1.54, 1.807) is 13.0 Å². The van der Waals surface area contributed by atoms with Gasteiger partial charge in [-0.2, -0.15) is 0 Å². The molecule has 0 aliphatic carbocycles. The highest BCUT2D eigenvalue weighted by Gasteiger charge is 2.44. The SMILES string of the molecule is CCCC(C)NCC1(O)CN(C(=O)c2ccc(F)c(F)c2Nc2ccc(C)cc2F)C1. The maximum atomic E-state index is 14.5. The van der Waals surface area contributed by atoms with E-state index in [4.69, 9.17) is 0 Å². The van der Waals surface area contributed by atoms with Gasteiger partial charge in [0, 0.05) is 12.6 Å². The summed E-state index contributed by atoms with van der Waals surface area (Å²) < 4.78 is 42.6. The molecule has 2 aromatic carbocycles. The van der Waals surface area contributed by atoms with Crippen molar-refractivity contribution >= 4 is 17.3 Å². The van der Waals surface area contributed by atoms with Crippen LogP contribution in [0.2, 0.25) is 0 Å². The number of benzene rings is 2. The quantitative estimate of drug-likeness (QED) is 0.584. The molecule has 5 nitrogen and oxygen atoms in total. The number of halogens is 3. The van der Waals surface area contributed by atoms with Crippen molar-refractivity contribution in [2.45, 2.75) is 45.3 Å². The van der Waals surface area contributed by atoms with Gasteiger partial charge in [-0.05, 0) is 50.1 Å². The Balaban J connectivity index is 1.76. The third-order valence-corrected chi connectivity index (χ3v) is 5.47. The topological polar surface area (TPSA) is 64.6 Å². The minimum Gasteiger partial charge on any atom is -0.385 e. The Kier molecular flexibility index (Phi) is 6.91. The molecular weight excluding hydrogens is 407 g/mol. The van der Waals surface area contributed by atoms with E-state index in [-0.39, 0.29) is 30.4 Å². The summed E-state index contributed by atoms with van der Waals surface area (Å²) in [5, 5.41) is 16.4. The number of amides is 1. The molecule has 1 aliphatic rings. The average molecular weight is 435 g/mol. The van der Waals surface area contributed by atoms with Crippen LogP contribution in [-0.2, 0) is 0 Å². The van der Waals surface area contributed by atoms with Crippen molar-refractivity contribution in [1.82, 2.24) is 10.2 Å². The van der Waals surface area contributed by atoms with E-state index in [1.807, 2.05) is 6.92 Å². The molecule has 1 amide bonds. The van der Waals surface area contributed by atoms with Crippen molar-refractivity contribution in [3.63, 3.8) is 0 Å². The zero-order valence-corrected chi connectivity index (χ0v) is 17.9. The fourth-order valence-electron chi connectivity index (χ4n) is 3.70. The number of carbonyl (C=O) groups excluding carboxylic acids is 1. The Morgan fingerprint density at radius 3 is 2.55 bits per heavy atom. The van der Waals surface area contributed by atoms with Crippen molar-refractivity contribution in [2.75, 3.05) is 25.0 Å². The van der Waals surface area contributed by atoms with E-state index in [1.165, 1.54) is 17.0 Å². The lowest BCUT2D eigenvalue weighted by molar-refractivity contribution is -0.0796. The zero-order chi connectivity index (χ0) is 22.8. The second kappa shape index (κ2) is 9.28. The number of anilines is 2. The van der Waals surface area contributed by atoms with Crippen LogP contribution in [0, 0.1) is 24.4 Å². The number of likely N-dealkylation sites (tertiary alicyclic amines) is 1. The highest BCUT2D eigenvalue weighted by Crippen LogP contribution is 2.31. The van der Waals surface area contributed by atoms with E-state index in [2.05, 4.69) is 17.6 Å². The maximum Gasteiger partial charge on any atom is 0.256 e. The number of aryl methyl sites for hydroxylation is 1. The van der Waals surface area contributed by atoms with E-state index >= 15 is 0 Å². The summed E-state index contributed by atoms with van der Waals surface area (Å²) in [4.78, 5) is 14.3. The van der Waals surface area contributed by atoms with Crippen molar-refractivity contribution in [2.24, 2.45) is 0 Å². The van der Waals surface area contributed by atoms with Crippen LogP contribution in [0.25, 0.3) is 0 Å². The molecule has 0 bridgehead atoms. The molecule has 31 heavy (non-hydrogen) atoms. The smallest absolute Gasteiger partial charge is 0.256 e. The molecule has 1 atom stereocenters. The molecule has 168 valence electrons. The molecule has 1 fully saturated rings. The minimum atomic E-state index is -1.27. The molecule has 2 aromatic rings. The minimum absolute atomic E-state index is 0.0645. The van der Waals surface area contributed by atoms with Gasteiger partial charge in [0.05, 0.1) is 30.0 Å². The van der Waals surface area contributed by atoms with Gasteiger partial charge in [-0.1, -0.05) is 19.4 Å². The van der Waals surface area contributed by atoms with Crippen LogP contribution in [0.15, 0.2) is 30.3 Å². The normalized spacial score (nSPS) is 16.0. The van der Waals surface area contributed by atoms with E-state index in [0.717, 1.165) is 25.0 Å². The number of carbonyl (C=O) groups is 1. The molecule has 0 saturated carbocycles. The summed E-state index contributed by atoms with van der Waals surface area (Å²) in [5.74, 6) is -3.63. The molecule has 0 aromatic heterocycles. The second-order valence-corrected chi connectivity index (χ2v) is 8.35. The Bertz CT molecular complexity index is 961. The van der Waals surface area contributed by atoms with Crippen LogP contribution in [0.1, 0.15) is 42.6 Å². The molecule has 1 unspecified atom stereocenters. The maximum absolute atomic E-state index is 14.5. The van der Waals surface area contributed by atoms with Crippen molar-refractivity contribution < 1.29 is 23.1 Å². The standard InChI is InChI=1S/C23H28F3N3O2/c1-4-5-15(3)27-11-23(31)12-29(13-23)22(30)16-7-8-17(24)20(26)21(16)28-19-9-6-14(2)10-18(19)25/h6-10,15,27-28,31H,4-5,11-13H2,1-3H3. The molecule has 1 heterocycles. The van der Waals surface area contributed by atoms with Crippen LogP contribution < -0.4 is 10.6 Å². The van der Waals surface area contributed by atoms with Gasteiger partial charge in [0.1, 0.15) is 11.4 Å². The Labute approximate surface area is 180 Å². The van der Waals surface area contributed by atoms with Gasteiger partial charge >= 0.3 is 0 Å². The van der Waals surface area contributed by atoms with Crippen LogP contribution in [0.3, 0.4) is 0 Å². The Morgan fingerprint density at radius 2 is 1.90 bits per heavy atom. The fourth-order valence-corrected chi connectivity index (χ4v) is 3.70. The lowest BCUT2D eigenvalue weighted by Crippen LogP contribution is -2.67. The van der Waals surface area contributed by atoms with E-state index in [9.17, 15) is 23.1 Å². The number of hydrogen-bond donors (Lipinski definition) is 3. The summed E-state index contributed by atoms with van der Waals surface area (Å²) in [7, 11) is 0. The summed E-state index contributed by atoms with van der Waals surface area (Å²) >= 11 is 0. The molecule has 0 radical (unpaired) electrons. The first kappa shape index (κ1) is 23.1. The third kappa shape index (κ3) is 5.19. The number of nitrogens with one attached hydrogen (secondary N) is 2. The second-order valence-electron chi connectivity index (χ2n) is 8.35. The summed E-state index contributed by atoms with van der Waals surface area (Å²) in [6.07, 6.45) is 1.99. The zero-order valence-electron chi connectivity index (χ0n) is 17.9. The monoisotopic (exact) mass is 435 g/mol. The number of rotatable bonds is 8. The summed E-state index contributed by atoms with van der Waals surface area (Å²) in [6, 6.07) is 6.53. The van der Waals surface area contributed by atoms with Crippen LogP contribution in [0.5, 0.6) is 0 Å². The van der Waals surface area contributed by atoms with E-state index < -0.39 is 34.6 Å². The van der Waals surface area contributed by atoms with Gasteiger partial charge < -0.3 is 20.6 Å². The van der Waals surface area contributed by atoms with Gasteiger partial charge in [0.15, 0.2) is 11.6 Å². The van der Waals surface area contributed by atoms with Crippen LogP contribution in [0.4, 0.5) is 24.5 Å². The molecule has 3 N–H and O–H groups in total. The third-order valence-electron chi connectivity index (χ3n) is 5.47. The van der Waals surface area contributed by atoms with Crippen LogP contribution >= 0.6 is 0 Å². The first-order valence-electron chi connectivity index (χ1n) is 10.4. The summed E-state index contributed by atoms with van der Waals surface area (Å²) in [6.45, 7) is 6.26. The largest absolute Gasteiger partial charge is 0.385 e. The average Bonchev–Trinajstić information content (AvgIpc) is 2.69. The van der Waals surface area contributed by atoms with Crippen molar-refractivity contribution in [1.29, 1.82) is 0 Å². The number of nitrogens with zero attached hydrogens (tertiary/aromatic N) is 1. The Hall–Kier alpha value is -2.58. The van der Waals surface area contributed by atoms with Gasteiger partial charge in [0.2, 0.25) is 0 Å². The van der Waals surface area contributed by atoms with E-state index in [0.29, 0.717) is 12.1 Å². The van der Waals surface area contributed by atoms with Crippen molar-refractivity contribution in [3.05, 3.63) is 58.9 Å². The number of aliphatic hydroxyl groups is 1.